The van der Waals surface area contributed by atoms with Crippen molar-refractivity contribution < 1.29 is 13.2 Å². The van der Waals surface area contributed by atoms with Crippen LogP contribution in [0.25, 0.3) is 0 Å². The molecule has 0 aliphatic heterocycles. The van der Waals surface area contributed by atoms with Crippen LogP contribution in [0.2, 0.25) is 0 Å². The number of rotatable bonds is 7. The highest BCUT2D eigenvalue weighted by Gasteiger charge is 2.13. The molecule has 0 spiro atoms. The minimum Gasteiger partial charge on any atom is -0.330 e. The number of aliphatic imine (C=N–C) groups is 1. The van der Waals surface area contributed by atoms with Gasteiger partial charge in [-0.3, -0.25) is 0 Å². The highest BCUT2D eigenvalue weighted by atomic mass is 32.2. The zero-order valence-electron chi connectivity index (χ0n) is 10.0. The number of sulfone groups is 1. The Hall–Kier alpha value is -1.49. The molecule has 5 nitrogen and oxygen atoms in total. The second-order valence-electron chi connectivity index (χ2n) is 3.87. The number of hydrogen-bond donors (Lipinski definition) is 1. The number of unbranched alkanes of at least 4 members (excludes halogenated alkanes) is 2. The van der Waals surface area contributed by atoms with Crippen LogP contribution in [0.1, 0.15) is 19.3 Å². The van der Waals surface area contributed by atoms with Crippen molar-refractivity contribution in [3.8, 4) is 0 Å². The molecule has 0 unspecified atom stereocenters. The number of nitrogens with two attached hydrogens (primary N) is 1. The molecule has 0 aliphatic rings. The predicted octanol–water partition coefficient (Wildman–Crippen LogP) is 1.56. The van der Waals surface area contributed by atoms with Gasteiger partial charge in [0, 0.05) is 0 Å². The van der Waals surface area contributed by atoms with E-state index in [1.165, 1.54) is 30.3 Å². The van der Waals surface area contributed by atoms with Gasteiger partial charge >= 0.3 is 0 Å². The zero-order valence-corrected chi connectivity index (χ0v) is 10.8. The fraction of sp³-hybridized carbons (Fsp3) is 0.417. The molecule has 1 aromatic carbocycles. The summed E-state index contributed by atoms with van der Waals surface area (Å²) in [4.78, 5) is 13.7. The monoisotopic (exact) mass is 268 g/mol. The maximum absolute atomic E-state index is 11.9. The first-order valence-corrected chi connectivity index (χ1v) is 7.36. The number of hydrogen-bond acceptors (Lipinski definition) is 5. The van der Waals surface area contributed by atoms with Gasteiger partial charge in [-0.15, -0.1) is 0 Å². The Balaban J connectivity index is 2.69. The molecular formula is C12H16N2O3S. The molecule has 1 rings (SSSR count). The molecule has 0 bridgehead atoms. The van der Waals surface area contributed by atoms with Crippen LogP contribution in [0.3, 0.4) is 0 Å². The summed E-state index contributed by atoms with van der Waals surface area (Å²) in [6.45, 7) is 0.582. The van der Waals surface area contributed by atoms with Gasteiger partial charge in [0.15, 0.2) is 9.84 Å². The van der Waals surface area contributed by atoms with Crippen LogP contribution in [-0.4, -0.2) is 26.8 Å². The van der Waals surface area contributed by atoms with Gasteiger partial charge in [-0.2, -0.15) is 4.99 Å². The Bertz CT molecular complexity index is 517. The average Bonchev–Trinajstić information content (AvgIpc) is 2.36. The first-order chi connectivity index (χ1) is 8.60. The predicted molar refractivity (Wildman–Crippen MR) is 69.2 cm³/mol. The average molecular weight is 268 g/mol. The quantitative estimate of drug-likeness (QED) is 0.461. The normalized spacial score (nSPS) is 10.9. The standard InChI is InChI=1S/C12H16N2O3S/c13-8-2-1-3-9-18(16,17)12-6-4-11(5-7-12)14-10-15/h4-7H,1-3,8-9,13H2. The van der Waals surface area contributed by atoms with Crippen LogP contribution in [0.4, 0.5) is 5.69 Å². The van der Waals surface area contributed by atoms with Crippen LogP contribution in [0, 0.1) is 0 Å². The van der Waals surface area contributed by atoms with Crippen molar-refractivity contribution in [1.82, 2.24) is 0 Å². The van der Waals surface area contributed by atoms with Crippen LogP contribution in [0.5, 0.6) is 0 Å². The number of benzene rings is 1. The van der Waals surface area contributed by atoms with Gasteiger partial charge in [-0.05, 0) is 43.7 Å². The van der Waals surface area contributed by atoms with E-state index in [2.05, 4.69) is 4.99 Å². The van der Waals surface area contributed by atoms with Gasteiger partial charge in [0.2, 0.25) is 6.08 Å². The van der Waals surface area contributed by atoms with E-state index in [1.54, 1.807) is 0 Å². The molecule has 0 radical (unpaired) electrons. The van der Waals surface area contributed by atoms with Gasteiger partial charge in [0.1, 0.15) is 0 Å². The van der Waals surface area contributed by atoms with Crippen molar-refractivity contribution in [1.29, 1.82) is 0 Å². The number of isocyanates is 1. The van der Waals surface area contributed by atoms with Gasteiger partial charge < -0.3 is 5.73 Å². The molecule has 2 N–H and O–H groups in total. The maximum atomic E-state index is 11.9. The first-order valence-electron chi connectivity index (χ1n) is 5.71. The third-order valence-corrected chi connectivity index (χ3v) is 4.30. The van der Waals surface area contributed by atoms with Crippen molar-refractivity contribution in [2.24, 2.45) is 10.7 Å². The summed E-state index contributed by atoms with van der Waals surface area (Å²) >= 11 is 0. The summed E-state index contributed by atoms with van der Waals surface area (Å²) in [5.74, 6) is 0.114. The summed E-state index contributed by atoms with van der Waals surface area (Å²) < 4.78 is 23.9. The molecule has 0 aromatic heterocycles. The van der Waals surface area contributed by atoms with E-state index in [9.17, 15) is 13.2 Å². The molecule has 0 saturated heterocycles. The van der Waals surface area contributed by atoms with Crippen LogP contribution in [0.15, 0.2) is 34.2 Å². The van der Waals surface area contributed by atoms with Gasteiger partial charge in [0.05, 0.1) is 16.3 Å². The fourth-order valence-electron chi connectivity index (χ4n) is 1.51. The second-order valence-corrected chi connectivity index (χ2v) is 5.97. The van der Waals surface area contributed by atoms with Crippen molar-refractivity contribution in [3.63, 3.8) is 0 Å². The lowest BCUT2D eigenvalue weighted by Gasteiger charge is -2.04. The van der Waals surface area contributed by atoms with E-state index in [-0.39, 0.29) is 10.6 Å². The molecule has 0 amide bonds. The Morgan fingerprint density at radius 3 is 2.33 bits per heavy atom. The van der Waals surface area contributed by atoms with Gasteiger partial charge in [-0.1, -0.05) is 6.42 Å². The van der Waals surface area contributed by atoms with Crippen LogP contribution < -0.4 is 5.73 Å². The lowest BCUT2D eigenvalue weighted by molar-refractivity contribution is 0.565. The van der Waals surface area contributed by atoms with E-state index in [0.29, 0.717) is 18.7 Å². The van der Waals surface area contributed by atoms with E-state index >= 15 is 0 Å². The molecule has 0 fully saturated rings. The zero-order chi connectivity index (χ0) is 13.4. The van der Waals surface area contributed by atoms with Crippen LogP contribution >= 0.6 is 0 Å². The number of nitrogens with zero attached hydrogens (tertiary/aromatic N) is 1. The largest absolute Gasteiger partial charge is 0.330 e. The SMILES string of the molecule is NCCCCCS(=O)(=O)c1ccc(N=C=O)cc1. The Kier molecular flexibility index (Phi) is 5.71. The Morgan fingerprint density at radius 1 is 1.11 bits per heavy atom. The minimum atomic E-state index is -3.25. The molecule has 6 heteroatoms. The summed E-state index contributed by atoms with van der Waals surface area (Å²) in [7, 11) is -3.25. The molecule has 18 heavy (non-hydrogen) atoms. The molecule has 0 aliphatic carbocycles. The lowest BCUT2D eigenvalue weighted by atomic mass is 10.2. The molecule has 1 aromatic rings. The maximum Gasteiger partial charge on any atom is 0.240 e. The van der Waals surface area contributed by atoms with E-state index < -0.39 is 9.84 Å². The highest BCUT2D eigenvalue weighted by Crippen LogP contribution is 2.18. The number of carbonyl (C=O) groups excluding carboxylic acids is 1. The van der Waals surface area contributed by atoms with Crippen molar-refractivity contribution in [2.75, 3.05) is 12.3 Å². The van der Waals surface area contributed by atoms with Crippen molar-refractivity contribution in [2.45, 2.75) is 24.2 Å². The molecule has 0 saturated carbocycles. The van der Waals surface area contributed by atoms with E-state index in [0.717, 1.165) is 12.8 Å². The van der Waals surface area contributed by atoms with Crippen LogP contribution in [-0.2, 0) is 14.6 Å². The van der Waals surface area contributed by atoms with Gasteiger partial charge in [0.25, 0.3) is 0 Å². The van der Waals surface area contributed by atoms with E-state index in [4.69, 9.17) is 5.73 Å². The van der Waals surface area contributed by atoms with Crippen molar-refractivity contribution in [3.05, 3.63) is 24.3 Å². The Morgan fingerprint density at radius 2 is 1.78 bits per heavy atom. The van der Waals surface area contributed by atoms with Gasteiger partial charge in [-0.25, -0.2) is 13.2 Å². The van der Waals surface area contributed by atoms with Crippen molar-refractivity contribution >= 4 is 21.6 Å². The summed E-state index contributed by atoms with van der Waals surface area (Å²) in [5.41, 5.74) is 5.74. The lowest BCUT2D eigenvalue weighted by Crippen LogP contribution is -2.07. The summed E-state index contributed by atoms with van der Waals surface area (Å²) in [6.07, 6.45) is 3.65. The Labute approximate surface area is 107 Å². The van der Waals surface area contributed by atoms with E-state index in [1.807, 2.05) is 0 Å². The molecular weight excluding hydrogens is 252 g/mol. The topological polar surface area (TPSA) is 89.6 Å². The highest BCUT2D eigenvalue weighted by molar-refractivity contribution is 7.91. The first kappa shape index (κ1) is 14.6. The third kappa shape index (κ3) is 4.41. The fourth-order valence-corrected chi connectivity index (χ4v) is 2.88. The second kappa shape index (κ2) is 7.06. The minimum absolute atomic E-state index is 0.114. The summed E-state index contributed by atoms with van der Waals surface area (Å²) in [5, 5.41) is 0. The summed E-state index contributed by atoms with van der Waals surface area (Å²) in [6, 6.07) is 5.87. The smallest absolute Gasteiger partial charge is 0.240 e. The third-order valence-electron chi connectivity index (χ3n) is 2.49. The molecule has 0 heterocycles. The molecule has 98 valence electrons. The molecule has 0 atom stereocenters.